The fourth-order valence-corrected chi connectivity index (χ4v) is 4.58. The normalized spacial score (nSPS) is 41.3. The van der Waals surface area contributed by atoms with Gasteiger partial charge < -0.3 is 0 Å². The second-order valence-electron chi connectivity index (χ2n) is 6.58. The first-order chi connectivity index (χ1) is 8.65. The van der Waals surface area contributed by atoms with E-state index in [0.29, 0.717) is 11.3 Å². The van der Waals surface area contributed by atoms with Gasteiger partial charge >= 0.3 is 0 Å². The van der Waals surface area contributed by atoms with Crippen LogP contribution < -0.4 is 0 Å². The molecule has 3 atom stereocenters. The summed E-state index contributed by atoms with van der Waals surface area (Å²) < 4.78 is 0. The van der Waals surface area contributed by atoms with Crippen LogP contribution in [0.5, 0.6) is 0 Å². The first-order valence-electron chi connectivity index (χ1n) is 7.36. The van der Waals surface area contributed by atoms with Gasteiger partial charge in [-0.2, -0.15) is 0 Å². The lowest BCUT2D eigenvalue weighted by Crippen LogP contribution is -2.26. The summed E-state index contributed by atoms with van der Waals surface area (Å²) in [5, 5.41) is 0. The summed E-state index contributed by atoms with van der Waals surface area (Å²) in [6, 6.07) is 0. The summed E-state index contributed by atoms with van der Waals surface area (Å²) in [6.07, 6.45) is 14.7. The van der Waals surface area contributed by atoms with E-state index in [1.807, 2.05) is 6.08 Å². The van der Waals surface area contributed by atoms with Crippen molar-refractivity contribution in [2.24, 2.45) is 17.3 Å². The second-order valence-corrected chi connectivity index (χ2v) is 6.58. The molecule has 0 spiro atoms. The van der Waals surface area contributed by atoms with E-state index in [2.05, 4.69) is 32.2 Å². The highest BCUT2D eigenvalue weighted by atomic mass is 14.5. The van der Waals surface area contributed by atoms with Gasteiger partial charge in [-0.3, -0.25) is 0 Å². The molecule has 3 aliphatic carbocycles. The molecule has 0 nitrogen and oxygen atoms in total. The topological polar surface area (TPSA) is 0 Å². The van der Waals surface area contributed by atoms with Crippen molar-refractivity contribution in [1.82, 2.24) is 0 Å². The molecule has 0 heteroatoms. The van der Waals surface area contributed by atoms with E-state index in [-0.39, 0.29) is 0 Å². The van der Waals surface area contributed by atoms with Crippen molar-refractivity contribution in [3.8, 4) is 0 Å². The standard InChI is InChI=1S/C18H24/c1-4-7-14-13(2)9-10-15-16(14)12-18(3)11-6-5-8-17(15)18/h4,7,10,16-17H,1-2,5-6,8-9,11-12H2,3H3/b14-7+. The summed E-state index contributed by atoms with van der Waals surface area (Å²) >= 11 is 0. The Kier molecular flexibility index (Phi) is 2.84. The van der Waals surface area contributed by atoms with Crippen molar-refractivity contribution in [2.45, 2.75) is 45.4 Å². The predicted octanol–water partition coefficient (Wildman–Crippen LogP) is 5.20. The Morgan fingerprint density at radius 3 is 3.00 bits per heavy atom. The van der Waals surface area contributed by atoms with E-state index < -0.39 is 0 Å². The van der Waals surface area contributed by atoms with Gasteiger partial charge in [0, 0.05) is 5.92 Å². The zero-order valence-electron chi connectivity index (χ0n) is 11.5. The number of rotatable bonds is 1. The van der Waals surface area contributed by atoms with Gasteiger partial charge in [0.2, 0.25) is 0 Å². The Labute approximate surface area is 111 Å². The van der Waals surface area contributed by atoms with Crippen LogP contribution in [0, 0.1) is 17.3 Å². The van der Waals surface area contributed by atoms with Crippen molar-refractivity contribution in [3.05, 3.63) is 48.1 Å². The highest BCUT2D eigenvalue weighted by molar-refractivity contribution is 5.47. The minimum absolute atomic E-state index is 0.555. The van der Waals surface area contributed by atoms with Crippen molar-refractivity contribution in [3.63, 3.8) is 0 Å². The van der Waals surface area contributed by atoms with Crippen LogP contribution in [0.4, 0.5) is 0 Å². The summed E-state index contributed by atoms with van der Waals surface area (Å²) in [5.41, 5.74) is 5.07. The monoisotopic (exact) mass is 240 g/mol. The highest BCUT2D eigenvalue weighted by Crippen LogP contribution is 2.60. The van der Waals surface area contributed by atoms with Crippen LogP contribution >= 0.6 is 0 Å². The van der Waals surface area contributed by atoms with Crippen LogP contribution in [0.15, 0.2) is 48.1 Å². The third-order valence-electron chi connectivity index (χ3n) is 5.47. The lowest BCUT2D eigenvalue weighted by Gasteiger charge is -2.36. The molecule has 0 aromatic heterocycles. The molecule has 0 saturated heterocycles. The summed E-state index contributed by atoms with van der Waals surface area (Å²) in [5.74, 6) is 1.50. The first kappa shape index (κ1) is 12.0. The van der Waals surface area contributed by atoms with Crippen molar-refractivity contribution < 1.29 is 0 Å². The van der Waals surface area contributed by atoms with E-state index in [1.165, 1.54) is 43.3 Å². The molecule has 3 rings (SSSR count). The molecule has 0 N–H and O–H groups in total. The van der Waals surface area contributed by atoms with Gasteiger partial charge in [0.05, 0.1) is 0 Å². The van der Waals surface area contributed by atoms with E-state index in [1.54, 1.807) is 5.57 Å². The van der Waals surface area contributed by atoms with Crippen LogP contribution in [0.3, 0.4) is 0 Å². The summed E-state index contributed by atoms with van der Waals surface area (Å²) in [7, 11) is 0. The van der Waals surface area contributed by atoms with Crippen molar-refractivity contribution in [1.29, 1.82) is 0 Å². The zero-order chi connectivity index (χ0) is 12.8. The predicted molar refractivity (Wildman–Crippen MR) is 78.3 cm³/mol. The van der Waals surface area contributed by atoms with E-state index in [9.17, 15) is 0 Å². The maximum Gasteiger partial charge on any atom is 0.00592 e. The lowest BCUT2D eigenvalue weighted by molar-refractivity contribution is 0.167. The number of allylic oxidation sites excluding steroid dienone is 6. The van der Waals surface area contributed by atoms with E-state index in [0.717, 1.165) is 12.3 Å². The molecule has 0 amide bonds. The molecule has 96 valence electrons. The Morgan fingerprint density at radius 2 is 2.22 bits per heavy atom. The largest absolute Gasteiger partial charge is 0.0991 e. The summed E-state index contributed by atoms with van der Waals surface area (Å²) in [6.45, 7) is 10.6. The quantitative estimate of drug-likeness (QED) is 0.552. The van der Waals surface area contributed by atoms with Crippen molar-refractivity contribution >= 4 is 0 Å². The van der Waals surface area contributed by atoms with Gasteiger partial charge in [0.1, 0.15) is 0 Å². The first-order valence-corrected chi connectivity index (χ1v) is 7.36. The van der Waals surface area contributed by atoms with Gasteiger partial charge in [-0.05, 0) is 48.2 Å². The van der Waals surface area contributed by atoms with Crippen LogP contribution in [0.2, 0.25) is 0 Å². The van der Waals surface area contributed by atoms with Crippen LogP contribution in [-0.4, -0.2) is 0 Å². The molecule has 2 saturated carbocycles. The van der Waals surface area contributed by atoms with Gasteiger partial charge in [-0.1, -0.05) is 56.7 Å². The van der Waals surface area contributed by atoms with Crippen LogP contribution in [-0.2, 0) is 0 Å². The Morgan fingerprint density at radius 1 is 1.39 bits per heavy atom. The molecule has 2 fully saturated rings. The summed E-state index contributed by atoms with van der Waals surface area (Å²) in [4.78, 5) is 0. The van der Waals surface area contributed by atoms with E-state index >= 15 is 0 Å². The number of hydrogen-bond donors (Lipinski definition) is 0. The molecule has 3 aliphatic rings. The van der Waals surface area contributed by atoms with Gasteiger partial charge in [0.25, 0.3) is 0 Å². The number of hydrogen-bond acceptors (Lipinski definition) is 0. The minimum atomic E-state index is 0.555. The molecule has 0 radical (unpaired) electrons. The molecule has 0 aliphatic heterocycles. The molecule has 0 aromatic carbocycles. The average molecular weight is 240 g/mol. The molecule has 0 heterocycles. The molecular formula is C18H24. The molecule has 0 aromatic rings. The van der Waals surface area contributed by atoms with E-state index in [4.69, 9.17) is 0 Å². The zero-order valence-corrected chi connectivity index (χ0v) is 11.5. The minimum Gasteiger partial charge on any atom is -0.0991 e. The third-order valence-corrected chi connectivity index (χ3v) is 5.47. The van der Waals surface area contributed by atoms with Crippen LogP contribution in [0.25, 0.3) is 0 Å². The Balaban J connectivity index is 2.01. The maximum absolute atomic E-state index is 4.25. The Hall–Kier alpha value is -1.04. The van der Waals surface area contributed by atoms with Gasteiger partial charge in [-0.25, -0.2) is 0 Å². The smallest absolute Gasteiger partial charge is 0.00592 e. The maximum atomic E-state index is 4.25. The Bertz CT molecular complexity index is 449. The van der Waals surface area contributed by atoms with Crippen molar-refractivity contribution in [2.75, 3.05) is 0 Å². The SMILES string of the molecule is C=C/C=C1\C(=C)CC=C2C1CC1(C)CCCCC21. The van der Waals surface area contributed by atoms with Gasteiger partial charge in [-0.15, -0.1) is 0 Å². The molecule has 3 unspecified atom stereocenters. The molecule has 0 bridgehead atoms. The molecule has 18 heavy (non-hydrogen) atoms. The molecular weight excluding hydrogens is 216 g/mol. The third kappa shape index (κ3) is 1.66. The fraction of sp³-hybridized carbons (Fsp3) is 0.556. The second kappa shape index (κ2) is 4.26. The highest BCUT2D eigenvalue weighted by Gasteiger charge is 2.49. The van der Waals surface area contributed by atoms with Gasteiger partial charge in [0.15, 0.2) is 0 Å². The average Bonchev–Trinajstić information content (AvgIpc) is 2.65. The lowest BCUT2D eigenvalue weighted by atomic mass is 9.69. The van der Waals surface area contributed by atoms with Crippen LogP contribution in [0.1, 0.15) is 45.4 Å². The number of fused-ring (bicyclic) bond motifs is 3. The fourth-order valence-electron chi connectivity index (χ4n) is 4.58.